The van der Waals surface area contributed by atoms with E-state index in [0.29, 0.717) is 0 Å². The molecule has 1 aromatic heterocycles. The van der Waals surface area contributed by atoms with Crippen LogP contribution in [0.5, 0.6) is 0 Å². The van der Waals surface area contributed by atoms with Crippen LogP contribution in [-0.4, -0.2) is 26.1 Å². The van der Waals surface area contributed by atoms with Gasteiger partial charge in [0.15, 0.2) is 0 Å². The molecular formula is C9H8BrN5O. The number of nitrogens with one attached hydrogen (secondary N) is 1. The standard InChI is InChI=1S/C9H8BrN5O/c10-7-3-1-2-4-8(7)12-9(16)5-15-6-11-13-14-15/h1-4,6H,5H2,(H,12,16). The fraction of sp³-hybridized carbons (Fsp3) is 0.111. The average molecular weight is 282 g/mol. The van der Waals surface area contributed by atoms with Crippen molar-refractivity contribution in [2.45, 2.75) is 6.54 Å². The third-order valence-electron chi connectivity index (χ3n) is 1.85. The normalized spacial score (nSPS) is 10.1. The summed E-state index contributed by atoms with van der Waals surface area (Å²) in [6, 6.07) is 7.38. The van der Waals surface area contributed by atoms with Crippen molar-refractivity contribution in [2.75, 3.05) is 5.32 Å². The van der Waals surface area contributed by atoms with Gasteiger partial charge in [0.1, 0.15) is 12.9 Å². The van der Waals surface area contributed by atoms with Crippen LogP contribution in [0.2, 0.25) is 0 Å². The Balaban J connectivity index is 2.00. The summed E-state index contributed by atoms with van der Waals surface area (Å²) in [7, 11) is 0. The van der Waals surface area contributed by atoms with E-state index in [9.17, 15) is 4.79 Å². The molecule has 0 unspecified atom stereocenters. The quantitative estimate of drug-likeness (QED) is 0.914. The molecule has 1 amide bonds. The summed E-state index contributed by atoms with van der Waals surface area (Å²) >= 11 is 3.34. The van der Waals surface area contributed by atoms with Crippen molar-refractivity contribution in [2.24, 2.45) is 0 Å². The van der Waals surface area contributed by atoms with Crippen molar-refractivity contribution < 1.29 is 4.79 Å². The fourth-order valence-corrected chi connectivity index (χ4v) is 1.54. The number of hydrogen-bond donors (Lipinski definition) is 1. The number of rotatable bonds is 3. The zero-order chi connectivity index (χ0) is 11.4. The maximum absolute atomic E-state index is 11.6. The topological polar surface area (TPSA) is 72.7 Å². The summed E-state index contributed by atoms with van der Waals surface area (Å²) < 4.78 is 2.19. The van der Waals surface area contributed by atoms with E-state index in [2.05, 4.69) is 36.8 Å². The molecule has 0 aliphatic carbocycles. The smallest absolute Gasteiger partial charge is 0.246 e. The highest BCUT2D eigenvalue weighted by molar-refractivity contribution is 9.10. The second-order valence-electron chi connectivity index (χ2n) is 3.04. The van der Waals surface area contributed by atoms with E-state index >= 15 is 0 Å². The van der Waals surface area contributed by atoms with Crippen LogP contribution in [0, 0.1) is 0 Å². The minimum absolute atomic E-state index is 0.0916. The molecule has 0 fully saturated rings. The van der Waals surface area contributed by atoms with Gasteiger partial charge in [0.2, 0.25) is 5.91 Å². The molecule has 2 rings (SSSR count). The second-order valence-corrected chi connectivity index (χ2v) is 3.89. The minimum atomic E-state index is -0.181. The molecule has 1 N–H and O–H groups in total. The summed E-state index contributed by atoms with van der Waals surface area (Å²) in [6.07, 6.45) is 1.39. The third kappa shape index (κ3) is 2.63. The Bertz CT molecular complexity index is 484. The highest BCUT2D eigenvalue weighted by atomic mass is 79.9. The van der Waals surface area contributed by atoms with Crippen LogP contribution >= 0.6 is 15.9 Å². The minimum Gasteiger partial charge on any atom is -0.323 e. The van der Waals surface area contributed by atoms with Gasteiger partial charge in [0, 0.05) is 4.47 Å². The first-order valence-electron chi connectivity index (χ1n) is 4.51. The molecule has 0 spiro atoms. The van der Waals surface area contributed by atoms with Crippen LogP contribution < -0.4 is 5.32 Å². The van der Waals surface area contributed by atoms with Crippen molar-refractivity contribution in [3.05, 3.63) is 35.1 Å². The van der Waals surface area contributed by atoms with Crippen molar-refractivity contribution in [3.8, 4) is 0 Å². The molecule has 1 heterocycles. The predicted molar refractivity (Wildman–Crippen MR) is 60.6 cm³/mol. The molecule has 0 radical (unpaired) electrons. The number of aromatic nitrogens is 4. The van der Waals surface area contributed by atoms with Gasteiger partial charge in [0.05, 0.1) is 5.69 Å². The molecule has 1 aromatic carbocycles. The molecule has 0 bridgehead atoms. The van der Waals surface area contributed by atoms with Crippen LogP contribution in [0.3, 0.4) is 0 Å². The number of para-hydroxylation sites is 1. The molecule has 16 heavy (non-hydrogen) atoms. The van der Waals surface area contributed by atoms with Gasteiger partial charge >= 0.3 is 0 Å². The number of carbonyl (C=O) groups is 1. The number of tetrazole rings is 1. The van der Waals surface area contributed by atoms with Crippen LogP contribution in [-0.2, 0) is 11.3 Å². The summed E-state index contributed by atoms with van der Waals surface area (Å²) in [5, 5.41) is 13.2. The zero-order valence-electron chi connectivity index (χ0n) is 8.17. The number of hydrogen-bond acceptors (Lipinski definition) is 4. The number of carbonyl (C=O) groups excluding carboxylic acids is 1. The number of amides is 1. The Kier molecular flexibility index (Phi) is 3.25. The van der Waals surface area contributed by atoms with Gasteiger partial charge < -0.3 is 5.32 Å². The van der Waals surface area contributed by atoms with Crippen LogP contribution in [0.15, 0.2) is 35.1 Å². The lowest BCUT2D eigenvalue weighted by molar-refractivity contribution is -0.116. The summed E-state index contributed by atoms with van der Waals surface area (Å²) in [6.45, 7) is 0.0916. The van der Waals surface area contributed by atoms with E-state index in [1.165, 1.54) is 11.0 Å². The van der Waals surface area contributed by atoms with Gasteiger partial charge in [-0.3, -0.25) is 4.79 Å². The molecule has 0 aliphatic rings. The van der Waals surface area contributed by atoms with Crippen LogP contribution in [0.25, 0.3) is 0 Å². The predicted octanol–water partition coefficient (Wildman–Crippen LogP) is 1.07. The Hall–Kier alpha value is -1.76. The molecule has 0 saturated carbocycles. The molecule has 82 valence electrons. The van der Waals surface area contributed by atoms with Gasteiger partial charge in [-0.1, -0.05) is 12.1 Å². The summed E-state index contributed by atoms with van der Waals surface area (Å²) in [4.78, 5) is 11.6. The largest absolute Gasteiger partial charge is 0.323 e. The second kappa shape index (κ2) is 4.84. The van der Waals surface area contributed by atoms with Crippen molar-refractivity contribution in [1.29, 1.82) is 0 Å². The van der Waals surface area contributed by atoms with E-state index in [4.69, 9.17) is 0 Å². The Morgan fingerprint density at radius 3 is 2.94 bits per heavy atom. The van der Waals surface area contributed by atoms with Crippen molar-refractivity contribution in [3.63, 3.8) is 0 Å². The maximum Gasteiger partial charge on any atom is 0.246 e. The first-order valence-corrected chi connectivity index (χ1v) is 5.30. The monoisotopic (exact) mass is 281 g/mol. The zero-order valence-corrected chi connectivity index (χ0v) is 9.75. The molecular weight excluding hydrogens is 274 g/mol. The van der Waals surface area contributed by atoms with Gasteiger partial charge in [-0.2, -0.15) is 0 Å². The molecule has 0 aliphatic heterocycles. The maximum atomic E-state index is 11.6. The molecule has 2 aromatic rings. The summed E-state index contributed by atoms with van der Waals surface area (Å²) in [5.41, 5.74) is 0.723. The summed E-state index contributed by atoms with van der Waals surface area (Å²) in [5.74, 6) is -0.181. The van der Waals surface area contributed by atoms with Gasteiger partial charge in [-0.15, -0.1) is 5.10 Å². The third-order valence-corrected chi connectivity index (χ3v) is 2.54. The van der Waals surface area contributed by atoms with E-state index in [-0.39, 0.29) is 12.5 Å². The van der Waals surface area contributed by atoms with Gasteiger partial charge in [-0.05, 0) is 38.5 Å². The first-order chi connectivity index (χ1) is 7.75. The highest BCUT2D eigenvalue weighted by Crippen LogP contribution is 2.20. The number of anilines is 1. The molecule has 7 heteroatoms. The average Bonchev–Trinajstić information content (AvgIpc) is 2.74. The van der Waals surface area contributed by atoms with E-state index < -0.39 is 0 Å². The molecule has 0 saturated heterocycles. The van der Waals surface area contributed by atoms with Gasteiger partial charge in [0.25, 0.3) is 0 Å². The molecule has 0 atom stereocenters. The van der Waals surface area contributed by atoms with E-state index in [1.54, 1.807) is 0 Å². The van der Waals surface area contributed by atoms with Gasteiger partial charge in [-0.25, -0.2) is 4.68 Å². The number of halogens is 1. The first kappa shape index (κ1) is 10.7. The highest BCUT2D eigenvalue weighted by Gasteiger charge is 2.06. The Labute approximate surface area is 99.8 Å². The SMILES string of the molecule is O=C(Cn1cnnn1)Nc1ccccc1Br. The Morgan fingerprint density at radius 1 is 1.44 bits per heavy atom. The number of nitrogens with zero attached hydrogens (tertiary/aromatic N) is 4. The lowest BCUT2D eigenvalue weighted by atomic mass is 10.3. The lowest BCUT2D eigenvalue weighted by Gasteiger charge is -2.06. The van der Waals surface area contributed by atoms with Crippen molar-refractivity contribution >= 4 is 27.5 Å². The Morgan fingerprint density at radius 2 is 2.25 bits per heavy atom. The van der Waals surface area contributed by atoms with E-state index in [1.807, 2.05) is 24.3 Å². The van der Waals surface area contributed by atoms with Crippen LogP contribution in [0.4, 0.5) is 5.69 Å². The van der Waals surface area contributed by atoms with E-state index in [0.717, 1.165) is 10.2 Å². The van der Waals surface area contributed by atoms with Crippen molar-refractivity contribution in [1.82, 2.24) is 20.2 Å². The molecule has 6 nitrogen and oxygen atoms in total. The fourth-order valence-electron chi connectivity index (χ4n) is 1.15. The lowest BCUT2D eigenvalue weighted by Crippen LogP contribution is -2.19. The number of benzene rings is 1. The van der Waals surface area contributed by atoms with Crippen LogP contribution in [0.1, 0.15) is 0 Å².